The fourth-order valence-corrected chi connectivity index (χ4v) is 15.2. The van der Waals surface area contributed by atoms with Gasteiger partial charge in [0.25, 0.3) is 6.71 Å². The molecule has 4 aliphatic heterocycles. The Morgan fingerprint density at radius 1 is 0.394 bits per heavy atom. The van der Waals surface area contributed by atoms with E-state index in [4.69, 9.17) is 4.98 Å². The van der Waals surface area contributed by atoms with Crippen LogP contribution in [0.4, 0.5) is 34.1 Å². The van der Waals surface area contributed by atoms with Crippen molar-refractivity contribution in [3.63, 3.8) is 0 Å². The van der Waals surface area contributed by atoms with Crippen molar-refractivity contribution < 1.29 is 0 Å². The second kappa shape index (κ2) is 13.4. The second-order valence-corrected chi connectivity index (χ2v) is 20.6. The zero-order valence-electron chi connectivity index (χ0n) is 39.2. The molecular weight excluding hydrogens is 858 g/mol. The standard InChI is InChI=1S/C67H44BN3/c1-2-3-36-57-45-25-5-4-20-40(45)46-39-60-61-65(62(46)69-57)71-59-38-17-15-31-52(59)67(49-28-12-8-23-43(49)44-24-9-13-29-50(44)67)54-33-19-35-56(64(54)71)68(61)55-34-18-32-53-63(55)70(60)58-37-16-14-30-51(58)66(53)47-26-10-6-21-41(47)42-22-7-11-27-48(42)66/h4-35,37-39H,2-3,36H2,1H3. The van der Waals surface area contributed by atoms with Crippen LogP contribution >= 0.6 is 0 Å². The normalized spacial score (nSPS) is 15.4. The number of anilines is 6. The van der Waals surface area contributed by atoms with Crippen molar-refractivity contribution in [1.29, 1.82) is 0 Å². The number of hydrogen-bond donors (Lipinski definition) is 0. The summed E-state index contributed by atoms with van der Waals surface area (Å²) in [7, 11) is 0. The molecule has 17 rings (SSSR count). The molecule has 0 bridgehead atoms. The van der Waals surface area contributed by atoms with Gasteiger partial charge in [-0.25, -0.2) is 4.98 Å². The molecule has 0 amide bonds. The van der Waals surface area contributed by atoms with Crippen LogP contribution in [0.5, 0.6) is 0 Å². The van der Waals surface area contributed by atoms with E-state index in [1.807, 2.05) is 0 Å². The first kappa shape index (κ1) is 38.4. The van der Waals surface area contributed by atoms with Crippen LogP contribution in [0.1, 0.15) is 70.0 Å². The van der Waals surface area contributed by atoms with Crippen LogP contribution < -0.4 is 26.2 Å². The Morgan fingerprint density at radius 2 is 0.831 bits per heavy atom. The Kier molecular flexibility index (Phi) is 7.27. The van der Waals surface area contributed by atoms with Gasteiger partial charge in [-0.3, -0.25) is 0 Å². The predicted octanol–water partition coefficient (Wildman–Crippen LogP) is 14.2. The van der Waals surface area contributed by atoms with Crippen LogP contribution in [-0.2, 0) is 17.3 Å². The van der Waals surface area contributed by atoms with Gasteiger partial charge >= 0.3 is 0 Å². The molecule has 0 saturated heterocycles. The van der Waals surface area contributed by atoms with Crippen LogP contribution in [0.2, 0.25) is 0 Å². The van der Waals surface area contributed by atoms with Gasteiger partial charge in [-0.15, -0.1) is 0 Å². The molecule has 1 aromatic heterocycles. The number of aromatic nitrogens is 1. The number of hydrogen-bond acceptors (Lipinski definition) is 3. The average Bonchev–Trinajstić information content (AvgIpc) is 3.92. The number of nitrogens with zero attached hydrogens (tertiary/aromatic N) is 3. The highest BCUT2D eigenvalue weighted by molar-refractivity contribution is 7.00. The molecule has 11 aromatic rings. The van der Waals surface area contributed by atoms with Crippen LogP contribution in [0.25, 0.3) is 43.9 Å². The maximum atomic E-state index is 5.98. The molecule has 10 aromatic carbocycles. The number of pyridine rings is 1. The minimum absolute atomic E-state index is 0.0856. The van der Waals surface area contributed by atoms with Crippen LogP contribution in [-0.4, -0.2) is 11.7 Å². The first-order valence-corrected chi connectivity index (χ1v) is 25.6. The molecule has 5 heterocycles. The van der Waals surface area contributed by atoms with Crippen molar-refractivity contribution >= 4 is 78.9 Å². The topological polar surface area (TPSA) is 19.4 Å². The Bertz CT molecular complexity index is 4120. The highest BCUT2D eigenvalue weighted by atomic mass is 15.2. The van der Waals surface area contributed by atoms with Gasteiger partial charge in [-0.2, -0.15) is 0 Å². The van der Waals surface area contributed by atoms with Gasteiger partial charge in [0, 0.05) is 33.5 Å². The Labute approximate surface area is 413 Å². The predicted molar refractivity (Wildman–Crippen MR) is 294 cm³/mol. The summed E-state index contributed by atoms with van der Waals surface area (Å²) in [6, 6.07) is 81.7. The average molecular weight is 902 g/mol. The van der Waals surface area contributed by atoms with E-state index in [0.29, 0.717) is 0 Å². The highest BCUT2D eigenvalue weighted by Crippen LogP contribution is 2.67. The van der Waals surface area contributed by atoms with E-state index in [1.165, 1.54) is 139 Å². The van der Waals surface area contributed by atoms with Crippen molar-refractivity contribution in [3.8, 4) is 22.3 Å². The molecular formula is C67H44BN3. The third-order valence-corrected chi connectivity index (χ3v) is 17.6. The van der Waals surface area contributed by atoms with Gasteiger partial charge in [0.1, 0.15) is 0 Å². The largest absolute Gasteiger partial charge is 0.311 e. The minimum atomic E-state index is -0.542. The summed E-state index contributed by atoms with van der Waals surface area (Å²) in [5.74, 6) is 0. The summed E-state index contributed by atoms with van der Waals surface area (Å²) >= 11 is 0. The molecule has 0 atom stereocenters. The number of unbranched alkanes of at least 4 members (excludes halogenated alkanes) is 1. The van der Waals surface area contributed by atoms with Crippen molar-refractivity contribution in [1.82, 2.24) is 4.98 Å². The van der Waals surface area contributed by atoms with Crippen molar-refractivity contribution in [2.75, 3.05) is 9.80 Å². The third-order valence-electron chi connectivity index (χ3n) is 17.6. The van der Waals surface area contributed by atoms with Gasteiger partial charge in [-0.1, -0.05) is 207 Å². The quantitative estimate of drug-likeness (QED) is 0.130. The summed E-state index contributed by atoms with van der Waals surface area (Å²) < 4.78 is 0. The number of rotatable bonds is 3. The molecule has 2 spiro atoms. The van der Waals surface area contributed by atoms with Crippen molar-refractivity contribution in [2.45, 2.75) is 37.0 Å². The summed E-state index contributed by atoms with van der Waals surface area (Å²) in [6.07, 6.45) is 3.12. The lowest BCUT2D eigenvalue weighted by Crippen LogP contribution is -2.63. The molecule has 2 aliphatic carbocycles. The summed E-state index contributed by atoms with van der Waals surface area (Å²) in [4.78, 5) is 11.3. The smallest absolute Gasteiger partial charge is 0.252 e. The number of para-hydroxylation sites is 4. The number of aryl methyl sites for hydroxylation is 1. The lowest BCUT2D eigenvalue weighted by Gasteiger charge is -2.53. The SMILES string of the molecule is CCCCc1nc2c3c4c(cc2c2ccccc12)N1c2ccccc2C2(c5ccccc5-c5ccccc52)c2cccc(c21)B4c1cccc2c1N3c1ccccc1C21c2ccccc2-c2ccccc21. The molecule has 71 heavy (non-hydrogen) atoms. The maximum absolute atomic E-state index is 5.98. The Balaban J connectivity index is 1.07. The van der Waals surface area contributed by atoms with Crippen LogP contribution in [0.15, 0.2) is 212 Å². The molecule has 0 N–H and O–H groups in total. The van der Waals surface area contributed by atoms with E-state index in [2.05, 4.69) is 229 Å². The first-order valence-electron chi connectivity index (χ1n) is 25.6. The Hall–Kier alpha value is -8.47. The van der Waals surface area contributed by atoms with Gasteiger partial charge in [0.15, 0.2) is 0 Å². The molecule has 330 valence electrons. The molecule has 0 unspecified atom stereocenters. The fourth-order valence-electron chi connectivity index (χ4n) is 15.2. The second-order valence-electron chi connectivity index (χ2n) is 20.6. The zero-order chi connectivity index (χ0) is 46.3. The maximum Gasteiger partial charge on any atom is 0.252 e. The molecule has 6 aliphatic rings. The van der Waals surface area contributed by atoms with Gasteiger partial charge in [-0.05, 0) is 120 Å². The first-order chi connectivity index (χ1) is 35.2. The van der Waals surface area contributed by atoms with Gasteiger partial charge in [0.05, 0.1) is 33.4 Å². The number of fused-ring (bicyclic) bond motifs is 26. The van der Waals surface area contributed by atoms with Crippen LogP contribution in [0, 0.1) is 0 Å². The summed E-state index contributed by atoms with van der Waals surface area (Å²) in [6.45, 7) is 2.21. The molecule has 4 heteroatoms. The fraction of sp³-hybridized carbons (Fsp3) is 0.0896. The zero-order valence-corrected chi connectivity index (χ0v) is 39.2. The van der Waals surface area contributed by atoms with E-state index in [-0.39, 0.29) is 6.71 Å². The van der Waals surface area contributed by atoms with Crippen molar-refractivity contribution in [3.05, 3.63) is 263 Å². The number of benzene rings is 10. The summed E-state index contributed by atoms with van der Waals surface area (Å²) in [5.41, 5.74) is 28.6. The monoisotopic (exact) mass is 901 g/mol. The lowest BCUT2D eigenvalue weighted by molar-refractivity contribution is 0.752. The van der Waals surface area contributed by atoms with Gasteiger partial charge in [0.2, 0.25) is 0 Å². The molecule has 0 saturated carbocycles. The van der Waals surface area contributed by atoms with E-state index < -0.39 is 10.8 Å². The van der Waals surface area contributed by atoms with E-state index in [9.17, 15) is 0 Å². The lowest BCUT2D eigenvalue weighted by atomic mass is 9.32. The van der Waals surface area contributed by atoms with E-state index in [0.717, 1.165) is 24.8 Å². The van der Waals surface area contributed by atoms with Crippen molar-refractivity contribution in [2.24, 2.45) is 0 Å². The highest BCUT2D eigenvalue weighted by Gasteiger charge is 2.58. The van der Waals surface area contributed by atoms with Crippen LogP contribution in [0.3, 0.4) is 0 Å². The Morgan fingerprint density at radius 3 is 1.37 bits per heavy atom. The van der Waals surface area contributed by atoms with E-state index in [1.54, 1.807) is 0 Å². The third kappa shape index (κ3) is 4.33. The molecule has 0 fully saturated rings. The minimum Gasteiger partial charge on any atom is -0.311 e. The molecule has 3 nitrogen and oxygen atoms in total. The van der Waals surface area contributed by atoms with E-state index >= 15 is 0 Å². The van der Waals surface area contributed by atoms with Gasteiger partial charge < -0.3 is 9.80 Å². The molecule has 0 radical (unpaired) electrons. The summed E-state index contributed by atoms with van der Waals surface area (Å²) in [5, 5.41) is 3.71.